The van der Waals surface area contributed by atoms with Gasteiger partial charge in [-0.25, -0.2) is 0 Å². The van der Waals surface area contributed by atoms with E-state index in [1.165, 1.54) is 12.8 Å². The molecule has 1 fully saturated rings. The van der Waals surface area contributed by atoms with Gasteiger partial charge in [0.25, 0.3) is 0 Å². The summed E-state index contributed by atoms with van der Waals surface area (Å²) in [4.78, 5) is 11.1. The lowest BCUT2D eigenvalue weighted by molar-refractivity contribution is -0.122. The summed E-state index contributed by atoms with van der Waals surface area (Å²) in [6.45, 7) is 6.32. The standard InChI is InChI=1S/C11H20O/c1-8(2)10-4-6-11(7-5-10)9(3)12/h8,10-11H,4-7H2,1-3H3/t10-,11-. The molecule has 0 aliphatic heterocycles. The van der Waals surface area contributed by atoms with Crippen molar-refractivity contribution in [3.63, 3.8) is 0 Å². The first-order chi connectivity index (χ1) is 5.61. The Hall–Kier alpha value is -0.330. The summed E-state index contributed by atoms with van der Waals surface area (Å²) in [5.74, 6) is 2.47. The van der Waals surface area contributed by atoms with Crippen LogP contribution in [-0.2, 0) is 4.79 Å². The second-order valence-electron chi connectivity index (χ2n) is 4.47. The minimum atomic E-state index is 0.389. The number of carbonyl (C=O) groups is 1. The Kier molecular flexibility index (Phi) is 3.30. The molecule has 1 aliphatic rings. The molecule has 12 heavy (non-hydrogen) atoms. The second kappa shape index (κ2) is 4.06. The highest BCUT2D eigenvalue weighted by Crippen LogP contribution is 2.33. The van der Waals surface area contributed by atoms with Gasteiger partial charge in [0.05, 0.1) is 0 Å². The van der Waals surface area contributed by atoms with E-state index in [0.717, 1.165) is 24.7 Å². The van der Waals surface area contributed by atoms with Gasteiger partial charge in [-0.3, -0.25) is 4.79 Å². The lowest BCUT2D eigenvalue weighted by Crippen LogP contribution is -2.22. The fraction of sp³-hybridized carbons (Fsp3) is 0.909. The summed E-state index contributed by atoms with van der Waals surface area (Å²) in [6.07, 6.45) is 4.81. The molecule has 1 rings (SSSR count). The first-order valence-electron chi connectivity index (χ1n) is 5.11. The molecule has 0 spiro atoms. The summed E-state index contributed by atoms with van der Waals surface area (Å²) in [6, 6.07) is 0. The molecule has 1 nitrogen and oxygen atoms in total. The van der Waals surface area contributed by atoms with Gasteiger partial charge >= 0.3 is 0 Å². The third-order valence-electron chi connectivity index (χ3n) is 3.29. The molecule has 1 heteroatoms. The SMILES string of the molecule is CC(=O)[C@H]1CC[C@H](C(C)C)CC1. The number of Topliss-reactive ketones (excluding diaryl/α,β-unsaturated/α-hetero) is 1. The molecule has 1 aliphatic carbocycles. The Morgan fingerprint density at radius 3 is 2.00 bits per heavy atom. The van der Waals surface area contributed by atoms with Crippen molar-refractivity contribution >= 4 is 5.78 Å². The molecule has 1 saturated carbocycles. The predicted octanol–water partition coefficient (Wildman–Crippen LogP) is 3.04. The van der Waals surface area contributed by atoms with Crippen molar-refractivity contribution < 1.29 is 4.79 Å². The van der Waals surface area contributed by atoms with Crippen LogP contribution < -0.4 is 0 Å². The van der Waals surface area contributed by atoms with Crippen molar-refractivity contribution in [3.05, 3.63) is 0 Å². The molecule has 0 aromatic heterocycles. The molecule has 0 amide bonds. The first-order valence-corrected chi connectivity index (χ1v) is 5.11. The highest BCUT2D eigenvalue weighted by atomic mass is 16.1. The minimum absolute atomic E-state index is 0.389. The molecule has 0 atom stereocenters. The Morgan fingerprint density at radius 1 is 1.17 bits per heavy atom. The lowest BCUT2D eigenvalue weighted by Gasteiger charge is -2.29. The Bertz CT molecular complexity index is 152. The largest absolute Gasteiger partial charge is 0.300 e. The van der Waals surface area contributed by atoms with Gasteiger partial charge in [-0.15, -0.1) is 0 Å². The fourth-order valence-electron chi connectivity index (χ4n) is 2.19. The monoisotopic (exact) mass is 168 g/mol. The van der Waals surface area contributed by atoms with Crippen LogP contribution in [-0.4, -0.2) is 5.78 Å². The van der Waals surface area contributed by atoms with E-state index in [-0.39, 0.29) is 0 Å². The highest BCUT2D eigenvalue weighted by Gasteiger charge is 2.25. The van der Waals surface area contributed by atoms with Gasteiger partial charge in [0, 0.05) is 5.92 Å². The van der Waals surface area contributed by atoms with Gasteiger partial charge in [0.2, 0.25) is 0 Å². The maximum Gasteiger partial charge on any atom is 0.132 e. The minimum Gasteiger partial charge on any atom is -0.300 e. The van der Waals surface area contributed by atoms with Gasteiger partial charge in [-0.1, -0.05) is 13.8 Å². The van der Waals surface area contributed by atoms with E-state index in [1.54, 1.807) is 6.92 Å². The molecular weight excluding hydrogens is 148 g/mol. The summed E-state index contributed by atoms with van der Waals surface area (Å²) < 4.78 is 0. The van der Waals surface area contributed by atoms with E-state index in [1.807, 2.05) is 0 Å². The molecule has 0 heterocycles. The van der Waals surface area contributed by atoms with Crippen LogP contribution in [0.4, 0.5) is 0 Å². The van der Waals surface area contributed by atoms with Gasteiger partial charge in [-0.2, -0.15) is 0 Å². The normalized spacial score (nSPS) is 30.7. The maximum absolute atomic E-state index is 11.1. The van der Waals surface area contributed by atoms with Crippen LogP contribution in [0.2, 0.25) is 0 Å². The average molecular weight is 168 g/mol. The van der Waals surface area contributed by atoms with E-state index in [2.05, 4.69) is 13.8 Å². The molecule has 70 valence electrons. The number of rotatable bonds is 2. The zero-order chi connectivity index (χ0) is 9.14. The number of hydrogen-bond acceptors (Lipinski definition) is 1. The van der Waals surface area contributed by atoms with Crippen LogP contribution in [0.5, 0.6) is 0 Å². The van der Waals surface area contributed by atoms with E-state index >= 15 is 0 Å². The van der Waals surface area contributed by atoms with Crippen LogP contribution in [0.15, 0.2) is 0 Å². The smallest absolute Gasteiger partial charge is 0.132 e. The summed E-state index contributed by atoms with van der Waals surface area (Å²) >= 11 is 0. The number of hydrogen-bond donors (Lipinski definition) is 0. The Balaban J connectivity index is 2.34. The number of ketones is 1. The first kappa shape index (κ1) is 9.76. The van der Waals surface area contributed by atoms with Crippen molar-refractivity contribution in [1.82, 2.24) is 0 Å². The number of carbonyl (C=O) groups excluding carboxylic acids is 1. The molecule has 0 saturated heterocycles. The Morgan fingerprint density at radius 2 is 1.67 bits per heavy atom. The molecule has 0 unspecified atom stereocenters. The third kappa shape index (κ3) is 2.33. The fourth-order valence-corrected chi connectivity index (χ4v) is 2.19. The van der Waals surface area contributed by atoms with E-state index in [0.29, 0.717) is 11.7 Å². The molecule has 0 aromatic carbocycles. The van der Waals surface area contributed by atoms with Gasteiger partial charge in [0.15, 0.2) is 0 Å². The maximum atomic E-state index is 11.1. The molecular formula is C11H20O. The van der Waals surface area contributed by atoms with Crippen molar-refractivity contribution in [1.29, 1.82) is 0 Å². The molecule has 0 bridgehead atoms. The zero-order valence-electron chi connectivity index (χ0n) is 8.47. The highest BCUT2D eigenvalue weighted by molar-refractivity contribution is 5.78. The topological polar surface area (TPSA) is 17.1 Å². The summed E-state index contributed by atoms with van der Waals surface area (Å²) in [7, 11) is 0. The Labute approximate surface area is 75.5 Å². The van der Waals surface area contributed by atoms with Crippen molar-refractivity contribution in [2.24, 2.45) is 17.8 Å². The van der Waals surface area contributed by atoms with Crippen LogP contribution in [0.25, 0.3) is 0 Å². The van der Waals surface area contributed by atoms with Crippen LogP contribution in [0, 0.1) is 17.8 Å². The van der Waals surface area contributed by atoms with Gasteiger partial charge in [0.1, 0.15) is 5.78 Å². The van der Waals surface area contributed by atoms with E-state index in [4.69, 9.17) is 0 Å². The van der Waals surface area contributed by atoms with Gasteiger partial charge in [-0.05, 0) is 44.4 Å². The summed E-state index contributed by atoms with van der Waals surface area (Å²) in [5.41, 5.74) is 0. The second-order valence-corrected chi connectivity index (χ2v) is 4.47. The van der Waals surface area contributed by atoms with E-state index in [9.17, 15) is 4.79 Å². The van der Waals surface area contributed by atoms with Crippen molar-refractivity contribution in [2.45, 2.75) is 46.5 Å². The zero-order valence-corrected chi connectivity index (χ0v) is 8.47. The quantitative estimate of drug-likeness (QED) is 0.619. The van der Waals surface area contributed by atoms with Crippen LogP contribution >= 0.6 is 0 Å². The van der Waals surface area contributed by atoms with Gasteiger partial charge < -0.3 is 0 Å². The van der Waals surface area contributed by atoms with Crippen LogP contribution in [0.1, 0.15) is 46.5 Å². The molecule has 0 radical (unpaired) electrons. The van der Waals surface area contributed by atoms with Crippen molar-refractivity contribution in [3.8, 4) is 0 Å². The molecule has 0 aromatic rings. The summed E-state index contributed by atoms with van der Waals surface area (Å²) in [5, 5.41) is 0. The van der Waals surface area contributed by atoms with E-state index < -0.39 is 0 Å². The third-order valence-corrected chi connectivity index (χ3v) is 3.29. The predicted molar refractivity (Wildman–Crippen MR) is 51.0 cm³/mol. The van der Waals surface area contributed by atoms with Crippen molar-refractivity contribution in [2.75, 3.05) is 0 Å². The molecule has 0 N–H and O–H groups in total. The van der Waals surface area contributed by atoms with Crippen LogP contribution in [0.3, 0.4) is 0 Å². The lowest BCUT2D eigenvalue weighted by atomic mass is 9.76. The average Bonchev–Trinajstić information content (AvgIpc) is 2.04.